The van der Waals surface area contributed by atoms with Gasteiger partial charge in [0.15, 0.2) is 0 Å². The van der Waals surface area contributed by atoms with E-state index < -0.39 is 58.3 Å². The summed E-state index contributed by atoms with van der Waals surface area (Å²) in [7, 11) is 0. The number of nitrogens with zero attached hydrogens (tertiary/aromatic N) is 2. The molecule has 2 aromatic rings. The maximum atomic E-state index is 13.1. The molecule has 0 atom stereocenters. The first-order valence-corrected chi connectivity index (χ1v) is 12.6. The molecule has 0 unspecified atom stereocenters. The fraction of sp³-hybridized carbons (Fsp3) is 0.286. The molecule has 4 amide bonds. The van der Waals surface area contributed by atoms with Crippen LogP contribution in [0.1, 0.15) is 38.5 Å². The fourth-order valence-corrected chi connectivity index (χ4v) is 5.76. The molecule has 0 N–H and O–H groups in total. The molecule has 4 aliphatic rings. The quantitative estimate of drug-likeness (QED) is 0.303. The molecule has 4 fully saturated rings. The molecule has 13 nitrogen and oxygen atoms in total. The number of esters is 4. The topological polar surface area (TPSA) is 171 Å². The third kappa shape index (κ3) is 4.35. The minimum atomic E-state index is -1.44. The van der Waals surface area contributed by atoms with Crippen molar-refractivity contribution in [3.63, 3.8) is 0 Å². The summed E-state index contributed by atoms with van der Waals surface area (Å²) in [6.07, 6.45) is -1.95. The molecule has 6 rings (SSSR count). The summed E-state index contributed by atoms with van der Waals surface area (Å²) in [5.74, 6) is -5.03. The minimum Gasteiger partial charge on any atom is -0.457 e. The maximum Gasteiger partial charge on any atom is 0.314 e. The number of cyclic esters (lactones) is 4. The Kier molecular flexibility index (Phi) is 5.83. The molecular formula is C28H20N2O11. The van der Waals surface area contributed by atoms with Crippen LogP contribution in [0.5, 0.6) is 11.5 Å². The number of carbonyl (C=O) groups excluding carboxylic acids is 8. The molecule has 0 bridgehead atoms. The Hall–Kier alpha value is -5.20. The highest BCUT2D eigenvalue weighted by atomic mass is 16.6. The van der Waals surface area contributed by atoms with Crippen LogP contribution in [0.25, 0.3) is 0 Å². The second-order valence-corrected chi connectivity index (χ2v) is 10.5. The molecule has 2 aromatic carbocycles. The van der Waals surface area contributed by atoms with Gasteiger partial charge in [0.1, 0.15) is 11.5 Å². The van der Waals surface area contributed by atoms with E-state index in [1.165, 1.54) is 48.5 Å². The van der Waals surface area contributed by atoms with Crippen LogP contribution in [0.4, 0.5) is 11.4 Å². The normalized spacial score (nSPS) is 21.7. The first-order valence-electron chi connectivity index (χ1n) is 12.6. The van der Waals surface area contributed by atoms with Gasteiger partial charge < -0.3 is 14.2 Å². The molecule has 2 spiro atoms. The van der Waals surface area contributed by atoms with Gasteiger partial charge in [-0.3, -0.25) is 48.2 Å². The van der Waals surface area contributed by atoms with Crippen molar-refractivity contribution >= 4 is 58.9 Å². The Morgan fingerprint density at radius 1 is 0.488 bits per heavy atom. The Bertz CT molecular complexity index is 1430. The number of imide groups is 2. The number of ether oxygens (including phenoxy) is 3. The SMILES string of the molecule is O=C1CC2(CC(=O)O1)CC(=O)N(c1ccc(Oc3ccc(N4C(=O)CC5(CC(=O)OC(=O)C5)C4=O)cc3)cc1)C2=O. The highest BCUT2D eigenvalue weighted by molar-refractivity contribution is 6.25. The van der Waals surface area contributed by atoms with E-state index >= 15 is 0 Å². The first-order chi connectivity index (χ1) is 19.5. The first kappa shape index (κ1) is 26.0. The summed E-state index contributed by atoms with van der Waals surface area (Å²) < 4.78 is 14.8. The Morgan fingerprint density at radius 3 is 1.12 bits per heavy atom. The lowest BCUT2D eigenvalue weighted by Gasteiger charge is -2.28. The van der Waals surface area contributed by atoms with Crippen molar-refractivity contribution in [2.24, 2.45) is 10.8 Å². The van der Waals surface area contributed by atoms with Gasteiger partial charge in [-0.1, -0.05) is 0 Å². The molecule has 0 saturated carbocycles. The Labute approximate surface area is 230 Å². The maximum absolute atomic E-state index is 13.1. The van der Waals surface area contributed by atoms with E-state index in [1.54, 1.807) is 0 Å². The molecule has 0 radical (unpaired) electrons. The summed E-state index contributed by atoms with van der Waals surface area (Å²) in [6, 6.07) is 12.0. The van der Waals surface area contributed by atoms with Gasteiger partial charge in [0, 0.05) is 12.8 Å². The molecule has 13 heteroatoms. The standard InChI is InChI=1S/C28H20N2O11/c31-19-9-27(11-21(33)40-22(34)12-27)25(37)29(19)15-1-5-17(6-2-15)39-18-7-3-16(4-8-18)30-20(32)10-28(26(30)38)13-23(35)41-24(36)14-28/h1-8H,9-14H2. The second-order valence-electron chi connectivity index (χ2n) is 10.5. The van der Waals surface area contributed by atoms with Crippen LogP contribution in [-0.4, -0.2) is 47.5 Å². The van der Waals surface area contributed by atoms with Crippen molar-refractivity contribution in [3.05, 3.63) is 48.5 Å². The van der Waals surface area contributed by atoms with E-state index in [0.29, 0.717) is 11.5 Å². The average Bonchev–Trinajstić information content (AvgIpc) is 3.25. The van der Waals surface area contributed by atoms with Crippen molar-refractivity contribution in [2.45, 2.75) is 38.5 Å². The molecular weight excluding hydrogens is 540 g/mol. The summed E-state index contributed by atoms with van der Waals surface area (Å²) in [6.45, 7) is 0. The predicted molar refractivity (Wildman–Crippen MR) is 133 cm³/mol. The number of benzene rings is 2. The van der Waals surface area contributed by atoms with Gasteiger partial charge in [0.05, 0.1) is 47.9 Å². The van der Waals surface area contributed by atoms with Crippen molar-refractivity contribution in [3.8, 4) is 11.5 Å². The molecule has 4 heterocycles. The third-order valence-electron chi connectivity index (χ3n) is 7.60. The lowest BCUT2D eigenvalue weighted by Crippen LogP contribution is -2.42. The lowest BCUT2D eigenvalue weighted by atomic mass is 9.78. The number of hydrogen-bond donors (Lipinski definition) is 0. The van der Waals surface area contributed by atoms with E-state index in [-0.39, 0.29) is 49.9 Å². The molecule has 4 saturated heterocycles. The average molecular weight is 560 g/mol. The smallest absolute Gasteiger partial charge is 0.314 e. The molecule has 0 aromatic heterocycles. The van der Waals surface area contributed by atoms with Crippen LogP contribution in [0, 0.1) is 10.8 Å². The zero-order chi connectivity index (χ0) is 29.1. The van der Waals surface area contributed by atoms with Crippen molar-refractivity contribution in [1.82, 2.24) is 0 Å². The van der Waals surface area contributed by atoms with E-state index in [9.17, 15) is 38.4 Å². The molecule has 208 valence electrons. The van der Waals surface area contributed by atoms with Crippen LogP contribution in [0.3, 0.4) is 0 Å². The van der Waals surface area contributed by atoms with Crippen molar-refractivity contribution in [2.75, 3.05) is 9.80 Å². The van der Waals surface area contributed by atoms with E-state index in [2.05, 4.69) is 9.47 Å². The highest BCUT2D eigenvalue weighted by Gasteiger charge is 2.58. The second kappa shape index (κ2) is 9.18. The summed E-state index contributed by atoms with van der Waals surface area (Å²) in [5, 5.41) is 0. The summed E-state index contributed by atoms with van der Waals surface area (Å²) >= 11 is 0. The van der Waals surface area contributed by atoms with Gasteiger partial charge in [-0.05, 0) is 48.5 Å². The Morgan fingerprint density at radius 2 is 0.805 bits per heavy atom. The van der Waals surface area contributed by atoms with Crippen LogP contribution < -0.4 is 14.5 Å². The summed E-state index contributed by atoms with van der Waals surface area (Å²) in [5.41, 5.74) is -2.38. The van der Waals surface area contributed by atoms with Crippen LogP contribution >= 0.6 is 0 Å². The van der Waals surface area contributed by atoms with Gasteiger partial charge in [0.25, 0.3) is 0 Å². The van der Waals surface area contributed by atoms with Crippen molar-refractivity contribution in [1.29, 1.82) is 0 Å². The molecule has 0 aliphatic carbocycles. The molecule has 41 heavy (non-hydrogen) atoms. The van der Waals surface area contributed by atoms with Gasteiger partial charge >= 0.3 is 23.9 Å². The van der Waals surface area contributed by atoms with E-state index in [4.69, 9.17) is 4.74 Å². The van der Waals surface area contributed by atoms with Crippen LogP contribution in [0.15, 0.2) is 48.5 Å². The zero-order valence-corrected chi connectivity index (χ0v) is 21.2. The lowest BCUT2D eigenvalue weighted by molar-refractivity contribution is -0.172. The summed E-state index contributed by atoms with van der Waals surface area (Å²) in [4.78, 5) is 101. The van der Waals surface area contributed by atoms with E-state index in [0.717, 1.165) is 9.80 Å². The van der Waals surface area contributed by atoms with Gasteiger partial charge in [-0.15, -0.1) is 0 Å². The van der Waals surface area contributed by atoms with Gasteiger partial charge in [0.2, 0.25) is 23.6 Å². The highest BCUT2D eigenvalue weighted by Crippen LogP contribution is 2.45. The molecule has 4 aliphatic heterocycles. The predicted octanol–water partition coefficient (Wildman–Crippen LogP) is 1.71. The number of carbonyl (C=O) groups is 8. The van der Waals surface area contributed by atoms with Crippen LogP contribution in [0.2, 0.25) is 0 Å². The van der Waals surface area contributed by atoms with E-state index in [1.807, 2.05) is 0 Å². The third-order valence-corrected chi connectivity index (χ3v) is 7.60. The minimum absolute atomic E-state index is 0.246. The van der Waals surface area contributed by atoms with Gasteiger partial charge in [-0.2, -0.15) is 0 Å². The Balaban J connectivity index is 1.14. The number of anilines is 2. The monoisotopic (exact) mass is 560 g/mol. The van der Waals surface area contributed by atoms with Crippen molar-refractivity contribution < 1.29 is 52.6 Å². The largest absolute Gasteiger partial charge is 0.457 e. The zero-order valence-electron chi connectivity index (χ0n) is 21.2. The van der Waals surface area contributed by atoms with Crippen LogP contribution in [-0.2, 0) is 47.8 Å². The number of rotatable bonds is 4. The number of hydrogen-bond acceptors (Lipinski definition) is 11. The number of amides is 4. The fourth-order valence-electron chi connectivity index (χ4n) is 5.76. The van der Waals surface area contributed by atoms with Gasteiger partial charge in [-0.25, -0.2) is 0 Å².